The van der Waals surface area contributed by atoms with Gasteiger partial charge in [-0.15, -0.1) is 0 Å². The van der Waals surface area contributed by atoms with E-state index in [2.05, 4.69) is 12.2 Å². The normalized spacial score (nSPS) is 31.0. The third kappa shape index (κ3) is 2.48. The predicted molar refractivity (Wildman–Crippen MR) is 64.1 cm³/mol. The van der Waals surface area contributed by atoms with Crippen LogP contribution in [0.2, 0.25) is 0 Å². The number of nitrogens with one attached hydrogen (secondary N) is 1. The number of hydrogen-bond donors (Lipinski definition) is 2. The van der Waals surface area contributed by atoms with Gasteiger partial charge in [-0.1, -0.05) is 0 Å². The van der Waals surface area contributed by atoms with Crippen molar-refractivity contribution in [2.24, 2.45) is 11.7 Å². The summed E-state index contributed by atoms with van der Waals surface area (Å²) in [5.41, 5.74) is 5.69. The summed E-state index contributed by atoms with van der Waals surface area (Å²) in [6, 6.07) is 0.913. The molecular formula is C12H23N3O. The van der Waals surface area contributed by atoms with Gasteiger partial charge in [0.25, 0.3) is 0 Å². The Morgan fingerprint density at radius 3 is 2.69 bits per heavy atom. The number of likely N-dealkylation sites (tertiary alicyclic amines) is 1. The van der Waals surface area contributed by atoms with Crippen LogP contribution in [0.4, 0.5) is 4.79 Å². The Balaban J connectivity index is 1.86. The minimum absolute atomic E-state index is 0.121. The fourth-order valence-electron chi connectivity index (χ4n) is 2.47. The van der Waals surface area contributed by atoms with E-state index in [0.29, 0.717) is 24.5 Å². The van der Waals surface area contributed by atoms with Crippen LogP contribution in [0.3, 0.4) is 0 Å². The van der Waals surface area contributed by atoms with Gasteiger partial charge in [0, 0.05) is 18.6 Å². The summed E-state index contributed by atoms with van der Waals surface area (Å²) in [5, 5.41) is 3.11. The van der Waals surface area contributed by atoms with E-state index in [-0.39, 0.29) is 6.03 Å². The molecule has 0 bridgehead atoms. The zero-order valence-corrected chi connectivity index (χ0v) is 10.1. The average Bonchev–Trinajstić information content (AvgIpc) is 2.24. The highest BCUT2D eigenvalue weighted by atomic mass is 16.2. The molecule has 2 fully saturated rings. The molecule has 2 aliphatic rings. The van der Waals surface area contributed by atoms with Crippen LogP contribution < -0.4 is 11.1 Å². The molecule has 2 atom stereocenters. The molecule has 1 saturated heterocycles. The average molecular weight is 225 g/mol. The number of nitrogens with zero attached hydrogens (tertiary/aromatic N) is 1. The van der Waals surface area contributed by atoms with Crippen LogP contribution >= 0.6 is 0 Å². The van der Waals surface area contributed by atoms with Gasteiger partial charge in [0.2, 0.25) is 0 Å². The van der Waals surface area contributed by atoms with Crippen LogP contribution in [0, 0.1) is 5.92 Å². The largest absolute Gasteiger partial charge is 0.335 e. The van der Waals surface area contributed by atoms with Gasteiger partial charge < -0.3 is 16.0 Å². The van der Waals surface area contributed by atoms with Crippen molar-refractivity contribution in [1.82, 2.24) is 10.2 Å². The Bertz CT molecular complexity index is 253. The van der Waals surface area contributed by atoms with Crippen molar-refractivity contribution in [2.45, 2.75) is 51.1 Å². The Kier molecular flexibility index (Phi) is 3.69. The summed E-state index contributed by atoms with van der Waals surface area (Å²) in [7, 11) is 0. The fourth-order valence-corrected chi connectivity index (χ4v) is 2.47. The first kappa shape index (κ1) is 11.7. The molecule has 1 heterocycles. The van der Waals surface area contributed by atoms with Gasteiger partial charge in [-0.25, -0.2) is 4.79 Å². The second-order valence-electron chi connectivity index (χ2n) is 5.26. The van der Waals surface area contributed by atoms with Crippen molar-refractivity contribution >= 4 is 6.03 Å². The molecule has 1 saturated carbocycles. The Morgan fingerprint density at radius 2 is 2.12 bits per heavy atom. The van der Waals surface area contributed by atoms with E-state index in [1.807, 2.05) is 4.90 Å². The third-order valence-corrected chi connectivity index (χ3v) is 4.01. The molecule has 92 valence electrons. The van der Waals surface area contributed by atoms with Crippen molar-refractivity contribution < 1.29 is 4.79 Å². The molecule has 0 radical (unpaired) electrons. The van der Waals surface area contributed by atoms with Crippen molar-refractivity contribution in [3.63, 3.8) is 0 Å². The number of piperidine rings is 1. The summed E-state index contributed by atoms with van der Waals surface area (Å²) in [6.45, 7) is 3.66. The van der Waals surface area contributed by atoms with E-state index in [1.165, 1.54) is 6.42 Å². The van der Waals surface area contributed by atoms with Crippen molar-refractivity contribution in [2.75, 3.05) is 13.1 Å². The van der Waals surface area contributed by atoms with Gasteiger partial charge in [-0.3, -0.25) is 0 Å². The van der Waals surface area contributed by atoms with Crippen LogP contribution in [0.1, 0.15) is 39.0 Å². The zero-order chi connectivity index (χ0) is 11.5. The molecule has 1 aliphatic heterocycles. The SMILES string of the molecule is CC1CCC(CN)CN1C(=O)NC1CCC1. The molecule has 4 nitrogen and oxygen atoms in total. The Morgan fingerprint density at radius 1 is 1.38 bits per heavy atom. The van der Waals surface area contributed by atoms with Crippen molar-refractivity contribution in [1.29, 1.82) is 0 Å². The highest BCUT2D eigenvalue weighted by Crippen LogP contribution is 2.23. The fraction of sp³-hybridized carbons (Fsp3) is 0.917. The second kappa shape index (κ2) is 5.04. The summed E-state index contributed by atoms with van der Waals surface area (Å²) in [5.74, 6) is 0.489. The number of carbonyl (C=O) groups excluding carboxylic acids is 1. The van der Waals surface area contributed by atoms with E-state index in [4.69, 9.17) is 5.73 Å². The third-order valence-electron chi connectivity index (χ3n) is 4.01. The Hall–Kier alpha value is -0.770. The maximum absolute atomic E-state index is 12.0. The molecule has 1 aliphatic carbocycles. The van der Waals surface area contributed by atoms with Gasteiger partial charge >= 0.3 is 6.03 Å². The molecule has 0 spiro atoms. The lowest BCUT2D eigenvalue weighted by Gasteiger charge is -2.39. The summed E-state index contributed by atoms with van der Waals surface area (Å²) in [4.78, 5) is 14.0. The van der Waals surface area contributed by atoms with E-state index in [0.717, 1.165) is 32.2 Å². The first-order valence-electron chi connectivity index (χ1n) is 6.48. The molecule has 2 unspecified atom stereocenters. The Labute approximate surface area is 97.6 Å². The van der Waals surface area contributed by atoms with Gasteiger partial charge in [0.15, 0.2) is 0 Å². The number of amides is 2. The maximum Gasteiger partial charge on any atom is 0.317 e. The number of carbonyl (C=O) groups is 1. The molecule has 2 amide bonds. The van der Waals surface area contributed by atoms with Crippen LogP contribution in [-0.2, 0) is 0 Å². The summed E-state index contributed by atoms with van der Waals surface area (Å²) < 4.78 is 0. The molecule has 2 rings (SSSR count). The molecular weight excluding hydrogens is 202 g/mol. The van der Waals surface area contributed by atoms with Crippen molar-refractivity contribution in [3.05, 3.63) is 0 Å². The van der Waals surface area contributed by atoms with E-state index >= 15 is 0 Å². The smallest absolute Gasteiger partial charge is 0.317 e. The zero-order valence-electron chi connectivity index (χ0n) is 10.1. The number of rotatable bonds is 2. The van der Waals surface area contributed by atoms with E-state index in [9.17, 15) is 4.79 Å². The highest BCUT2D eigenvalue weighted by molar-refractivity contribution is 5.75. The highest BCUT2D eigenvalue weighted by Gasteiger charge is 2.30. The van der Waals surface area contributed by atoms with Crippen LogP contribution in [0.25, 0.3) is 0 Å². The summed E-state index contributed by atoms with van der Waals surface area (Å²) >= 11 is 0. The molecule has 16 heavy (non-hydrogen) atoms. The molecule has 0 aromatic carbocycles. The predicted octanol–water partition coefficient (Wildman–Crippen LogP) is 1.31. The van der Waals surface area contributed by atoms with Gasteiger partial charge in [-0.2, -0.15) is 0 Å². The van der Waals surface area contributed by atoms with E-state index in [1.54, 1.807) is 0 Å². The van der Waals surface area contributed by atoms with Crippen molar-refractivity contribution in [3.8, 4) is 0 Å². The lowest BCUT2D eigenvalue weighted by Crippen LogP contribution is -2.54. The molecule has 0 aromatic heterocycles. The van der Waals surface area contributed by atoms with Gasteiger partial charge in [0.1, 0.15) is 0 Å². The van der Waals surface area contributed by atoms with E-state index < -0.39 is 0 Å². The number of urea groups is 1. The first-order chi connectivity index (χ1) is 7.70. The van der Waals surface area contributed by atoms with Crippen LogP contribution in [0.15, 0.2) is 0 Å². The maximum atomic E-state index is 12.0. The second-order valence-corrected chi connectivity index (χ2v) is 5.26. The topological polar surface area (TPSA) is 58.4 Å². The standard InChI is InChI=1S/C12H23N3O/c1-9-5-6-10(7-13)8-15(9)12(16)14-11-3-2-4-11/h9-11H,2-8,13H2,1H3,(H,14,16). The number of nitrogens with two attached hydrogens (primary N) is 1. The minimum atomic E-state index is 0.121. The van der Waals surface area contributed by atoms with Gasteiger partial charge in [-0.05, 0) is 51.5 Å². The monoisotopic (exact) mass is 225 g/mol. The number of hydrogen-bond acceptors (Lipinski definition) is 2. The molecule has 0 aromatic rings. The van der Waals surface area contributed by atoms with Crippen LogP contribution in [0.5, 0.6) is 0 Å². The first-order valence-corrected chi connectivity index (χ1v) is 6.48. The molecule has 4 heteroatoms. The van der Waals surface area contributed by atoms with Gasteiger partial charge in [0.05, 0.1) is 0 Å². The quantitative estimate of drug-likeness (QED) is 0.744. The lowest BCUT2D eigenvalue weighted by molar-refractivity contribution is 0.127. The van der Waals surface area contributed by atoms with Crippen LogP contribution in [-0.4, -0.2) is 36.1 Å². The lowest BCUT2D eigenvalue weighted by atomic mass is 9.92. The molecule has 3 N–H and O–H groups in total. The summed E-state index contributed by atoms with van der Waals surface area (Å²) in [6.07, 6.45) is 5.79. The minimum Gasteiger partial charge on any atom is -0.335 e.